The van der Waals surface area contributed by atoms with E-state index >= 15 is 0 Å². The summed E-state index contributed by atoms with van der Waals surface area (Å²) in [4.78, 5) is 0. The van der Waals surface area contributed by atoms with E-state index in [1.165, 1.54) is 0 Å². The maximum absolute atomic E-state index is 6.01. The van der Waals surface area contributed by atoms with Crippen LogP contribution in [-0.2, 0) is 0 Å². The normalized spacial score (nSPS) is 12.9. The van der Waals surface area contributed by atoms with Crippen molar-refractivity contribution >= 4 is 23.2 Å². The minimum atomic E-state index is -0.0525. The Hall–Kier alpha value is -0.280. The molecular weight excluding hydrogens is 219 g/mol. The van der Waals surface area contributed by atoms with Crippen LogP contribution < -0.4 is 11.5 Å². The summed E-state index contributed by atoms with van der Waals surface area (Å²) < 4.78 is 0. The molecule has 1 atom stereocenters. The summed E-state index contributed by atoms with van der Waals surface area (Å²) in [5, 5.41) is 1.26. The summed E-state index contributed by atoms with van der Waals surface area (Å²) in [5.41, 5.74) is 12.3. The average Bonchev–Trinajstić information content (AvgIpc) is 2.14. The molecule has 0 spiro atoms. The van der Waals surface area contributed by atoms with Gasteiger partial charge in [-0.05, 0) is 37.1 Å². The van der Waals surface area contributed by atoms with Crippen molar-refractivity contribution in [3.63, 3.8) is 0 Å². The summed E-state index contributed by atoms with van der Waals surface area (Å²) in [6.07, 6.45) is 1.75. The van der Waals surface area contributed by atoms with Gasteiger partial charge in [-0.2, -0.15) is 0 Å². The zero-order chi connectivity index (χ0) is 10.6. The molecule has 4 N–H and O–H groups in total. The van der Waals surface area contributed by atoms with E-state index in [0.717, 1.165) is 18.4 Å². The lowest BCUT2D eigenvalue weighted by atomic mass is 10.0. The fourth-order valence-electron chi connectivity index (χ4n) is 1.30. The zero-order valence-corrected chi connectivity index (χ0v) is 9.35. The van der Waals surface area contributed by atoms with Gasteiger partial charge in [0, 0.05) is 16.1 Å². The van der Waals surface area contributed by atoms with E-state index < -0.39 is 0 Å². The number of nitrogens with two attached hydrogens (primary N) is 2. The maximum Gasteiger partial charge on any atom is 0.0468 e. The Bertz CT molecular complexity index is 302. The van der Waals surface area contributed by atoms with Gasteiger partial charge in [-0.1, -0.05) is 29.3 Å². The first-order valence-corrected chi connectivity index (χ1v) is 5.31. The van der Waals surface area contributed by atoms with E-state index in [1.807, 2.05) is 6.07 Å². The Morgan fingerprint density at radius 3 is 2.57 bits per heavy atom. The predicted octanol–water partition coefficient (Wildman–Crippen LogP) is 2.73. The molecule has 78 valence electrons. The highest BCUT2D eigenvalue weighted by Crippen LogP contribution is 2.27. The topological polar surface area (TPSA) is 52.0 Å². The van der Waals surface area contributed by atoms with Crippen LogP contribution in [0.2, 0.25) is 10.0 Å². The molecule has 0 aliphatic heterocycles. The Morgan fingerprint density at radius 1 is 1.29 bits per heavy atom. The van der Waals surface area contributed by atoms with Crippen LogP contribution in [-0.4, -0.2) is 6.54 Å². The van der Waals surface area contributed by atoms with Gasteiger partial charge >= 0.3 is 0 Å². The molecule has 0 heterocycles. The summed E-state index contributed by atoms with van der Waals surface area (Å²) in [6, 6.07) is 5.32. The third-order valence-electron chi connectivity index (χ3n) is 2.08. The van der Waals surface area contributed by atoms with Gasteiger partial charge in [0.2, 0.25) is 0 Å². The smallest absolute Gasteiger partial charge is 0.0468 e. The molecule has 0 saturated carbocycles. The zero-order valence-electron chi connectivity index (χ0n) is 7.84. The van der Waals surface area contributed by atoms with Crippen molar-refractivity contribution < 1.29 is 0 Å². The third-order valence-corrected chi connectivity index (χ3v) is 2.64. The first-order chi connectivity index (χ1) is 6.65. The van der Waals surface area contributed by atoms with Crippen molar-refractivity contribution in [2.24, 2.45) is 11.5 Å². The summed E-state index contributed by atoms with van der Waals surface area (Å²) >= 11 is 11.8. The summed E-state index contributed by atoms with van der Waals surface area (Å²) in [6.45, 7) is 0.652. The molecule has 0 amide bonds. The Labute approximate surface area is 94.2 Å². The summed E-state index contributed by atoms with van der Waals surface area (Å²) in [7, 11) is 0. The van der Waals surface area contributed by atoms with Gasteiger partial charge in [0.15, 0.2) is 0 Å². The molecular formula is C10H14Cl2N2. The van der Waals surface area contributed by atoms with Gasteiger partial charge in [0.1, 0.15) is 0 Å². The number of benzene rings is 1. The number of halogens is 2. The van der Waals surface area contributed by atoms with E-state index in [0.29, 0.717) is 16.6 Å². The highest BCUT2D eigenvalue weighted by atomic mass is 35.5. The lowest BCUT2D eigenvalue weighted by Gasteiger charge is -2.13. The lowest BCUT2D eigenvalue weighted by Crippen LogP contribution is -2.12. The van der Waals surface area contributed by atoms with Crippen LogP contribution in [0.3, 0.4) is 0 Å². The number of rotatable bonds is 4. The molecule has 1 rings (SSSR count). The Balaban J connectivity index is 2.74. The number of hydrogen-bond donors (Lipinski definition) is 2. The monoisotopic (exact) mass is 232 g/mol. The molecule has 0 aliphatic carbocycles. The lowest BCUT2D eigenvalue weighted by molar-refractivity contribution is 0.618. The first-order valence-electron chi connectivity index (χ1n) is 4.55. The van der Waals surface area contributed by atoms with Gasteiger partial charge in [-0.15, -0.1) is 0 Å². The molecule has 0 aliphatic rings. The highest BCUT2D eigenvalue weighted by molar-refractivity contribution is 6.35. The Morgan fingerprint density at radius 2 is 2.00 bits per heavy atom. The van der Waals surface area contributed by atoms with Crippen molar-refractivity contribution in [2.75, 3.05) is 6.54 Å². The number of hydrogen-bond acceptors (Lipinski definition) is 2. The van der Waals surface area contributed by atoms with Crippen molar-refractivity contribution in [1.82, 2.24) is 0 Å². The minimum absolute atomic E-state index is 0.0525. The largest absolute Gasteiger partial charge is 0.330 e. The second-order valence-electron chi connectivity index (χ2n) is 3.20. The standard InChI is InChI=1S/C10H14Cl2N2/c11-7-3-4-8(9(12)6-7)10(14)2-1-5-13/h3-4,6,10H,1-2,5,13-14H2/t10-/m1/s1. The second kappa shape index (κ2) is 5.56. The van der Waals surface area contributed by atoms with Crippen LogP contribution in [0.15, 0.2) is 18.2 Å². The van der Waals surface area contributed by atoms with Crippen LogP contribution in [0.4, 0.5) is 0 Å². The quantitative estimate of drug-likeness (QED) is 0.839. The van der Waals surface area contributed by atoms with E-state index in [4.69, 9.17) is 34.7 Å². The third kappa shape index (κ3) is 3.14. The van der Waals surface area contributed by atoms with Crippen molar-refractivity contribution in [2.45, 2.75) is 18.9 Å². The fraction of sp³-hybridized carbons (Fsp3) is 0.400. The molecule has 0 radical (unpaired) electrons. The van der Waals surface area contributed by atoms with Gasteiger partial charge in [0.05, 0.1) is 0 Å². The molecule has 1 aromatic carbocycles. The van der Waals surface area contributed by atoms with Crippen molar-refractivity contribution in [3.8, 4) is 0 Å². The molecule has 0 bridgehead atoms. The first kappa shape index (κ1) is 11.8. The van der Waals surface area contributed by atoms with Gasteiger partial charge in [0.25, 0.3) is 0 Å². The van der Waals surface area contributed by atoms with Crippen LogP contribution in [0.25, 0.3) is 0 Å². The molecule has 14 heavy (non-hydrogen) atoms. The van der Waals surface area contributed by atoms with E-state index in [9.17, 15) is 0 Å². The van der Waals surface area contributed by atoms with Gasteiger partial charge < -0.3 is 11.5 Å². The minimum Gasteiger partial charge on any atom is -0.330 e. The molecule has 0 aromatic heterocycles. The Kier molecular flexibility index (Phi) is 4.69. The van der Waals surface area contributed by atoms with Crippen molar-refractivity contribution in [1.29, 1.82) is 0 Å². The molecule has 0 fully saturated rings. The van der Waals surface area contributed by atoms with E-state index in [2.05, 4.69) is 0 Å². The SMILES string of the molecule is NCCC[C@@H](N)c1ccc(Cl)cc1Cl. The summed E-state index contributed by atoms with van der Waals surface area (Å²) in [5.74, 6) is 0. The van der Waals surface area contributed by atoms with E-state index in [-0.39, 0.29) is 6.04 Å². The molecule has 1 aromatic rings. The molecule has 0 saturated heterocycles. The fourth-order valence-corrected chi connectivity index (χ4v) is 1.84. The van der Waals surface area contributed by atoms with Crippen molar-refractivity contribution in [3.05, 3.63) is 33.8 Å². The van der Waals surface area contributed by atoms with Crippen LogP contribution >= 0.6 is 23.2 Å². The highest BCUT2D eigenvalue weighted by Gasteiger charge is 2.09. The predicted molar refractivity (Wildman–Crippen MR) is 61.7 cm³/mol. The van der Waals surface area contributed by atoms with Gasteiger partial charge in [-0.3, -0.25) is 0 Å². The van der Waals surface area contributed by atoms with Crippen LogP contribution in [0.5, 0.6) is 0 Å². The van der Waals surface area contributed by atoms with Crippen LogP contribution in [0.1, 0.15) is 24.4 Å². The molecule has 0 unspecified atom stereocenters. The second-order valence-corrected chi connectivity index (χ2v) is 4.05. The van der Waals surface area contributed by atoms with E-state index in [1.54, 1.807) is 12.1 Å². The van der Waals surface area contributed by atoms with Gasteiger partial charge in [-0.25, -0.2) is 0 Å². The van der Waals surface area contributed by atoms with Crippen LogP contribution in [0, 0.1) is 0 Å². The maximum atomic E-state index is 6.01. The average molecular weight is 233 g/mol. The molecule has 2 nitrogen and oxygen atoms in total. The molecule has 4 heteroatoms.